The Kier molecular flexibility index (Phi) is 3.94. The van der Waals surface area contributed by atoms with Gasteiger partial charge in [0.05, 0.1) is 10.5 Å². The first kappa shape index (κ1) is 13.5. The number of fused-ring (bicyclic) bond motifs is 1. The molecule has 0 bridgehead atoms. The van der Waals surface area contributed by atoms with E-state index in [1.807, 2.05) is 12.3 Å². The third kappa shape index (κ3) is 3.14. The van der Waals surface area contributed by atoms with Gasteiger partial charge in [-0.05, 0) is 24.5 Å². The minimum absolute atomic E-state index is 0.603. The van der Waals surface area contributed by atoms with Gasteiger partial charge in [0.2, 0.25) is 0 Å². The third-order valence-electron chi connectivity index (χ3n) is 3.80. The van der Waals surface area contributed by atoms with E-state index in [0.29, 0.717) is 11.0 Å². The highest BCUT2D eigenvalue weighted by atomic mass is 32.1. The number of rotatable bonds is 6. The Morgan fingerprint density at radius 3 is 2.85 bits per heavy atom. The zero-order valence-electron chi connectivity index (χ0n) is 11.5. The molecule has 1 aromatic carbocycles. The molecule has 20 heavy (non-hydrogen) atoms. The van der Waals surface area contributed by atoms with Crippen LogP contribution in [0.4, 0.5) is 0 Å². The quantitative estimate of drug-likeness (QED) is 0.829. The summed E-state index contributed by atoms with van der Waals surface area (Å²) in [5, 5.41) is 1.20. The molecule has 0 radical (unpaired) electrons. The summed E-state index contributed by atoms with van der Waals surface area (Å²) in [7, 11) is 0. The molecule has 1 fully saturated rings. The standard InChI is InChI=1S/C16H19N3S/c17-15(20)8-10-19(14-6-7-14)11-13-4-1-3-12-5-2-9-18-16(12)13/h1-5,9,14H,6-8,10-11H2,(H2,17,20). The van der Waals surface area contributed by atoms with E-state index in [2.05, 4.69) is 34.1 Å². The van der Waals surface area contributed by atoms with Crippen LogP contribution in [0, 0.1) is 0 Å². The molecule has 0 saturated heterocycles. The molecule has 0 unspecified atom stereocenters. The maximum Gasteiger partial charge on any atom is 0.0746 e. The first-order chi connectivity index (χ1) is 9.74. The summed E-state index contributed by atoms with van der Waals surface area (Å²) < 4.78 is 0. The Morgan fingerprint density at radius 1 is 1.30 bits per heavy atom. The molecular weight excluding hydrogens is 266 g/mol. The maximum atomic E-state index is 5.64. The number of aromatic nitrogens is 1. The highest BCUT2D eigenvalue weighted by Gasteiger charge is 2.29. The van der Waals surface area contributed by atoms with Gasteiger partial charge in [-0.3, -0.25) is 9.88 Å². The number of hydrogen-bond acceptors (Lipinski definition) is 3. The molecule has 0 amide bonds. The fraction of sp³-hybridized carbons (Fsp3) is 0.375. The van der Waals surface area contributed by atoms with E-state index in [9.17, 15) is 0 Å². The third-order valence-corrected chi connectivity index (χ3v) is 4.00. The van der Waals surface area contributed by atoms with E-state index in [1.165, 1.54) is 23.8 Å². The fourth-order valence-electron chi connectivity index (χ4n) is 2.60. The summed E-state index contributed by atoms with van der Waals surface area (Å²) in [6.07, 6.45) is 5.23. The van der Waals surface area contributed by atoms with E-state index < -0.39 is 0 Å². The summed E-state index contributed by atoms with van der Waals surface area (Å²) in [4.78, 5) is 7.62. The second-order valence-electron chi connectivity index (χ2n) is 5.41. The first-order valence-corrected chi connectivity index (χ1v) is 7.50. The van der Waals surface area contributed by atoms with Crippen LogP contribution in [-0.2, 0) is 6.54 Å². The van der Waals surface area contributed by atoms with Crippen LogP contribution in [0.15, 0.2) is 36.5 Å². The molecule has 1 saturated carbocycles. The maximum absolute atomic E-state index is 5.64. The average Bonchev–Trinajstić information content (AvgIpc) is 3.28. The minimum Gasteiger partial charge on any atom is -0.393 e. The van der Waals surface area contributed by atoms with Gasteiger partial charge in [0, 0.05) is 37.1 Å². The molecular formula is C16H19N3S. The van der Waals surface area contributed by atoms with Crippen molar-refractivity contribution in [3.8, 4) is 0 Å². The Morgan fingerprint density at radius 2 is 2.10 bits per heavy atom. The van der Waals surface area contributed by atoms with Gasteiger partial charge in [-0.25, -0.2) is 0 Å². The Labute approximate surface area is 124 Å². The normalized spacial score (nSPS) is 14.8. The van der Waals surface area contributed by atoms with Crippen molar-refractivity contribution >= 4 is 28.1 Å². The zero-order chi connectivity index (χ0) is 13.9. The predicted octanol–water partition coefficient (Wildman–Crippen LogP) is 2.88. The highest BCUT2D eigenvalue weighted by Crippen LogP contribution is 2.29. The molecule has 1 aliphatic carbocycles. The van der Waals surface area contributed by atoms with Crippen molar-refractivity contribution in [2.24, 2.45) is 5.73 Å². The summed E-state index contributed by atoms with van der Waals surface area (Å²) in [6.45, 7) is 1.88. The predicted molar refractivity (Wildman–Crippen MR) is 86.6 cm³/mol. The van der Waals surface area contributed by atoms with Crippen molar-refractivity contribution in [2.45, 2.75) is 31.8 Å². The lowest BCUT2D eigenvalue weighted by Crippen LogP contribution is -2.29. The fourth-order valence-corrected chi connectivity index (χ4v) is 2.69. The lowest BCUT2D eigenvalue weighted by atomic mass is 10.1. The van der Waals surface area contributed by atoms with E-state index >= 15 is 0 Å². The van der Waals surface area contributed by atoms with E-state index in [0.717, 1.165) is 25.0 Å². The summed E-state index contributed by atoms with van der Waals surface area (Å²) in [5.74, 6) is 0. The molecule has 4 heteroatoms. The van der Waals surface area contributed by atoms with Gasteiger partial charge in [0.1, 0.15) is 0 Å². The number of pyridine rings is 1. The molecule has 0 aliphatic heterocycles. The van der Waals surface area contributed by atoms with Crippen molar-refractivity contribution in [1.82, 2.24) is 9.88 Å². The minimum atomic E-state index is 0.603. The Hall–Kier alpha value is -1.52. The Bertz CT molecular complexity index is 617. The molecule has 2 N–H and O–H groups in total. The number of nitrogens with zero attached hydrogens (tertiary/aromatic N) is 2. The molecule has 0 spiro atoms. The van der Waals surface area contributed by atoms with Crippen LogP contribution in [-0.4, -0.2) is 27.5 Å². The van der Waals surface area contributed by atoms with Crippen LogP contribution in [0.5, 0.6) is 0 Å². The van der Waals surface area contributed by atoms with Crippen molar-refractivity contribution in [2.75, 3.05) is 6.54 Å². The van der Waals surface area contributed by atoms with Gasteiger partial charge in [-0.2, -0.15) is 0 Å². The summed E-state index contributed by atoms with van der Waals surface area (Å²) in [6, 6.07) is 11.2. The summed E-state index contributed by atoms with van der Waals surface area (Å²) >= 11 is 5.00. The molecule has 1 aliphatic rings. The van der Waals surface area contributed by atoms with Crippen LogP contribution in [0.25, 0.3) is 10.9 Å². The second-order valence-corrected chi connectivity index (χ2v) is 5.93. The van der Waals surface area contributed by atoms with Crippen LogP contribution < -0.4 is 5.73 Å². The molecule has 1 aromatic heterocycles. The van der Waals surface area contributed by atoms with Gasteiger partial charge in [0.15, 0.2) is 0 Å². The van der Waals surface area contributed by atoms with Crippen molar-refractivity contribution < 1.29 is 0 Å². The number of nitrogens with two attached hydrogens (primary N) is 1. The molecule has 2 aromatic rings. The summed E-state index contributed by atoms with van der Waals surface area (Å²) in [5.41, 5.74) is 8.03. The molecule has 3 nitrogen and oxygen atoms in total. The molecule has 0 atom stereocenters. The lowest BCUT2D eigenvalue weighted by Gasteiger charge is -2.22. The highest BCUT2D eigenvalue weighted by molar-refractivity contribution is 7.80. The molecule has 3 rings (SSSR count). The van der Waals surface area contributed by atoms with Gasteiger partial charge < -0.3 is 5.73 Å². The van der Waals surface area contributed by atoms with Crippen LogP contribution in [0.3, 0.4) is 0 Å². The van der Waals surface area contributed by atoms with Crippen LogP contribution in [0.1, 0.15) is 24.8 Å². The monoisotopic (exact) mass is 285 g/mol. The molecule has 1 heterocycles. The van der Waals surface area contributed by atoms with Gasteiger partial charge in [-0.15, -0.1) is 0 Å². The van der Waals surface area contributed by atoms with E-state index in [-0.39, 0.29) is 0 Å². The molecule has 104 valence electrons. The number of para-hydroxylation sites is 1. The zero-order valence-corrected chi connectivity index (χ0v) is 12.3. The topological polar surface area (TPSA) is 42.1 Å². The van der Waals surface area contributed by atoms with Gasteiger partial charge in [-0.1, -0.05) is 36.5 Å². The van der Waals surface area contributed by atoms with Crippen LogP contribution >= 0.6 is 12.2 Å². The van der Waals surface area contributed by atoms with Crippen LogP contribution in [0.2, 0.25) is 0 Å². The Balaban J connectivity index is 1.81. The first-order valence-electron chi connectivity index (χ1n) is 7.09. The number of thiocarbonyl (C=S) groups is 1. The van der Waals surface area contributed by atoms with Gasteiger partial charge >= 0.3 is 0 Å². The number of benzene rings is 1. The SMILES string of the molecule is NC(=S)CCN(Cc1cccc2cccnc12)C1CC1. The van der Waals surface area contributed by atoms with Crippen molar-refractivity contribution in [3.63, 3.8) is 0 Å². The van der Waals surface area contributed by atoms with Crippen molar-refractivity contribution in [3.05, 3.63) is 42.1 Å². The van der Waals surface area contributed by atoms with Gasteiger partial charge in [0.25, 0.3) is 0 Å². The average molecular weight is 285 g/mol. The van der Waals surface area contributed by atoms with Crippen molar-refractivity contribution in [1.29, 1.82) is 0 Å². The van der Waals surface area contributed by atoms with E-state index in [4.69, 9.17) is 18.0 Å². The smallest absolute Gasteiger partial charge is 0.0746 e. The second kappa shape index (κ2) is 5.85. The number of hydrogen-bond donors (Lipinski definition) is 1. The lowest BCUT2D eigenvalue weighted by molar-refractivity contribution is 0.263. The van der Waals surface area contributed by atoms with E-state index in [1.54, 1.807) is 0 Å². The largest absolute Gasteiger partial charge is 0.393 e.